The van der Waals surface area contributed by atoms with Crippen molar-refractivity contribution in [3.8, 4) is 0 Å². The fourth-order valence-electron chi connectivity index (χ4n) is 2.02. The van der Waals surface area contributed by atoms with Crippen LogP contribution in [0.5, 0.6) is 0 Å². The van der Waals surface area contributed by atoms with Crippen LogP contribution in [-0.2, 0) is 5.60 Å². The number of benzene rings is 2. The summed E-state index contributed by atoms with van der Waals surface area (Å²) in [6.07, 6.45) is -6.50. The Bertz CT molecular complexity index is 776. The van der Waals surface area contributed by atoms with Crippen molar-refractivity contribution in [2.45, 2.75) is 31.3 Å². The van der Waals surface area contributed by atoms with Gasteiger partial charge in [0.15, 0.2) is 0 Å². The lowest BCUT2D eigenvalue weighted by Crippen LogP contribution is -2.49. The van der Waals surface area contributed by atoms with Gasteiger partial charge in [-0.15, -0.1) is 0 Å². The number of hydrogen-bond acceptors (Lipinski definition) is 2. The van der Waals surface area contributed by atoms with E-state index in [1.54, 1.807) is 12.1 Å². The lowest BCUT2D eigenvalue weighted by Gasteiger charge is -2.33. The van der Waals surface area contributed by atoms with E-state index in [9.17, 15) is 36.2 Å². The van der Waals surface area contributed by atoms with E-state index in [0.29, 0.717) is 4.47 Å². The van der Waals surface area contributed by atoms with Crippen LogP contribution < -0.4 is 0 Å². The molecule has 0 aliphatic heterocycles. The smallest absolute Gasteiger partial charge is 0.300 e. The normalized spacial score (nSPS) is 13.7. The topological polar surface area (TPSA) is 37.3 Å². The number of carbonyl (C=O) groups excluding carboxylic acids is 1. The summed E-state index contributed by atoms with van der Waals surface area (Å²) in [5, 5.41) is 9.47. The van der Waals surface area contributed by atoms with Gasteiger partial charge in [0.25, 0.3) is 12.3 Å². The lowest BCUT2D eigenvalue weighted by atomic mass is 9.88. The molecule has 154 valence electrons. The molecule has 1 atom stereocenters. The fraction of sp³-hybridized carbons (Fsp3) is 0.278. The molecule has 0 saturated heterocycles. The number of alkyl halides is 6. The Kier molecular flexibility index (Phi) is 8.70. The van der Waals surface area contributed by atoms with Gasteiger partial charge in [0, 0.05) is 21.4 Å². The minimum Gasteiger partial charge on any atom is -0.374 e. The van der Waals surface area contributed by atoms with E-state index in [0.717, 1.165) is 16.6 Å². The van der Waals surface area contributed by atoms with E-state index in [4.69, 9.17) is 0 Å². The summed E-state index contributed by atoms with van der Waals surface area (Å²) in [7, 11) is 0. The highest BCUT2D eigenvalue weighted by Gasteiger charge is 2.57. The molecule has 0 saturated carbocycles. The summed E-state index contributed by atoms with van der Waals surface area (Å²) in [4.78, 5) is 10.7. The summed E-state index contributed by atoms with van der Waals surface area (Å²) in [6.45, 7) is 0.265. The van der Waals surface area contributed by atoms with E-state index in [1.165, 1.54) is 24.3 Å². The van der Waals surface area contributed by atoms with Gasteiger partial charge in [-0.3, -0.25) is 4.79 Å². The molecule has 2 aromatic carbocycles. The molecule has 28 heavy (non-hydrogen) atoms. The zero-order valence-corrected chi connectivity index (χ0v) is 17.3. The first-order valence-corrected chi connectivity index (χ1v) is 9.11. The Balaban J connectivity index is 0.000000292. The predicted molar refractivity (Wildman–Crippen MR) is 99.1 cm³/mol. The van der Waals surface area contributed by atoms with Gasteiger partial charge in [0.05, 0.1) is 0 Å². The molecule has 0 bridgehead atoms. The molecular weight excluding hydrogens is 522 g/mol. The van der Waals surface area contributed by atoms with Gasteiger partial charge in [0.2, 0.25) is 11.4 Å². The molecule has 2 nitrogen and oxygen atoms in total. The average Bonchev–Trinajstić information content (AvgIpc) is 2.61. The van der Waals surface area contributed by atoms with E-state index in [1.807, 2.05) is 0 Å². The highest BCUT2D eigenvalue weighted by molar-refractivity contribution is 9.10. The molecule has 0 amide bonds. The second-order valence-electron chi connectivity index (χ2n) is 5.63. The van der Waals surface area contributed by atoms with Crippen molar-refractivity contribution in [1.82, 2.24) is 0 Å². The van der Waals surface area contributed by atoms with Crippen LogP contribution in [0.15, 0.2) is 57.5 Å². The van der Waals surface area contributed by atoms with Crippen molar-refractivity contribution in [2.75, 3.05) is 0 Å². The Labute approximate surface area is 173 Å². The molecule has 0 aliphatic carbocycles. The highest BCUT2D eigenvalue weighted by Crippen LogP contribution is 2.42. The maximum atomic E-state index is 13.1. The first-order valence-electron chi connectivity index (χ1n) is 7.53. The molecule has 0 heterocycles. The monoisotopic (exact) mass is 534 g/mol. The predicted octanol–water partition coefficient (Wildman–Crippen LogP) is 6.45. The average molecular weight is 536 g/mol. The minimum atomic E-state index is -3.94. The van der Waals surface area contributed by atoms with Gasteiger partial charge in [-0.2, -0.15) is 0 Å². The van der Waals surface area contributed by atoms with Crippen molar-refractivity contribution in [3.63, 3.8) is 0 Å². The van der Waals surface area contributed by atoms with E-state index in [-0.39, 0.29) is 12.5 Å². The molecule has 0 aliphatic rings. The lowest BCUT2D eigenvalue weighted by molar-refractivity contribution is -0.236. The Morgan fingerprint density at radius 2 is 1.29 bits per heavy atom. The van der Waals surface area contributed by atoms with Crippen LogP contribution in [0.25, 0.3) is 0 Å². The van der Waals surface area contributed by atoms with Gasteiger partial charge >= 0.3 is 6.43 Å². The molecule has 0 spiro atoms. The summed E-state index contributed by atoms with van der Waals surface area (Å²) in [6, 6.07) is 10.5. The summed E-state index contributed by atoms with van der Waals surface area (Å²) in [5.74, 6) is -5.07. The van der Waals surface area contributed by atoms with Crippen molar-refractivity contribution in [2.24, 2.45) is 0 Å². The number of halogens is 8. The van der Waals surface area contributed by atoms with Gasteiger partial charge in [0.1, 0.15) is 0 Å². The van der Waals surface area contributed by atoms with E-state index < -0.39 is 35.7 Å². The van der Waals surface area contributed by atoms with E-state index in [2.05, 4.69) is 31.9 Å². The van der Waals surface area contributed by atoms with Gasteiger partial charge in [-0.25, -0.2) is 26.3 Å². The molecule has 2 rings (SSSR count). The van der Waals surface area contributed by atoms with Gasteiger partial charge in [-0.1, -0.05) is 56.1 Å². The number of hydrogen-bond donors (Lipinski definition) is 1. The maximum absolute atomic E-state index is 13.1. The maximum Gasteiger partial charge on any atom is 0.300 e. The third-order valence-corrected chi connectivity index (χ3v) is 4.65. The highest BCUT2D eigenvalue weighted by atomic mass is 79.9. The Morgan fingerprint density at radius 3 is 1.61 bits per heavy atom. The minimum absolute atomic E-state index is 0.0354. The van der Waals surface area contributed by atoms with Crippen LogP contribution in [-0.4, -0.2) is 29.7 Å². The number of Topliss-reactive ketones (excluding diaryl/α,β-unsaturated/α-hetero) is 1. The van der Waals surface area contributed by atoms with Crippen molar-refractivity contribution >= 4 is 37.6 Å². The van der Waals surface area contributed by atoms with Crippen LogP contribution in [0.1, 0.15) is 22.8 Å². The number of rotatable bonds is 5. The van der Waals surface area contributed by atoms with Crippen LogP contribution in [0.2, 0.25) is 0 Å². The number of ketones is 1. The molecular formula is C18H14Br2F6O2. The largest absolute Gasteiger partial charge is 0.374 e. The van der Waals surface area contributed by atoms with Crippen molar-refractivity contribution < 1.29 is 36.2 Å². The second kappa shape index (κ2) is 9.89. The Hall–Kier alpha value is -1.39. The molecule has 0 radical (unpaired) electrons. The standard InChI is InChI=1S/C10H9BrF4O.C8H5BrF2O/c1-9(14,15)10(16,8(12)13)6-2-4-7(11)5-3-6;9-6-3-1-5(2-4-6)7(12)8(10)11/h2-5,8,16H,1H3;1-4,8H. The van der Waals surface area contributed by atoms with Crippen molar-refractivity contribution in [3.05, 3.63) is 68.6 Å². The molecule has 2 aromatic rings. The number of aliphatic hydroxyl groups is 1. The third-order valence-electron chi connectivity index (χ3n) is 3.60. The zero-order chi connectivity index (χ0) is 21.7. The molecule has 1 N–H and O–H groups in total. The van der Waals surface area contributed by atoms with Crippen molar-refractivity contribution in [1.29, 1.82) is 0 Å². The second-order valence-corrected chi connectivity index (χ2v) is 7.47. The van der Waals surface area contributed by atoms with Gasteiger partial charge < -0.3 is 5.11 Å². The van der Waals surface area contributed by atoms with Crippen LogP contribution in [0.3, 0.4) is 0 Å². The van der Waals surface area contributed by atoms with Crippen LogP contribution in [0.4, 0.5) is 26.3 Å². The van der Waals surface area contributed by atoms with Crippen LogP contribution in [0, 0.1) is 0 Å². The third kappa shape index (κ3) is 6.05. The Morgan fingerprint density at radius 1 is 0.893 bits per heavy atom. The molecule has 0 aromatic heterocycles. The fourth-order valence-corrected chi connectivity index (χ4v) is 2.54. The molecule has 1 unspecified atom stereocenters. The summed E-state index contributed by atoms with van der Waals surface area (Å²) < 4.78 is 76.4. The van der Waals surface area contributed by atoms with Gasteiger partial charge in [-0.05, 0) is 29.8 Å². The SMILES string of the molecule is CC(F)(F)C(O)(c1ccc(Br)cc1)C(F)F.O=C(c1ccc(Br)cc1)C(F)F. The first kappa shape index (κ1) is 24.6. The van der Waals surface area contributed by atoms with E-state index >= 15 is 0 Å². The first-order chi connectivity index (χ1) is 12.8. The molecule has 0 fully saturated rings. The molecule has 10 heteroatoms. The quantitative estimate of drug-likeness (QED) is 0.353. The van der Waals surface area contributed by atoms with Crippen LogP contribution >= 0.6 is 31.9 Å². The number of carbonyl (C=O) groups is 1. The summed E-state index contributed by atoms with van der Waals surface area (Å²) in [5.41, 5.74) is -3.94. The zero-order valence-electron chi connectivity index (χ0n) is 14.2. The summed E-state index contributed by atoms with van der Waals surface area (Å²) >= 11 is 6.18.